The molecule has 3 rings (SSSR count). The van der Waals surface area contributed by atoms with Gasteiger partial charge in [-0.25, -0.2) is 8.42 Å². The van der Waals surface area contributed by atoms with Crippen molar-refractivity contribution in [3.8, 4) is 17.1 Å². The van der Waals surface area contributed by atoms with E-state index in [2.05, 4.69) is 9.94 Å². The molecule has 0 unspecified atom stereocenters. The third kappa shape index (κ3) is 5.93. The third-order valence-corrected chi connectivity index (χ3v) is 6.15. The summed E-state index contributed by atoms with van der Waals surface area (Å²) < 4.78 is 30.8. The van der Waals surface area contributed by atoms with Gasteiger partial charge in [-0.15, -0.1) is 15.2 Å². The van der Waals surface area contributed by atoms with Crippen LogP contribution in [-0.4, -0.2) is 42.8 Å². The lowest BCUT2D eigenvalue weighted by atomic mass is 9.89. The van der Waals surface area contributed by atoms with Gasteiger partial charge in [0.1, 0.15) is 13.2 Å². The molecular weight excluding hydrogens is 398 g/mol. The summed E-state index contributed by atoms with van der Waals surface area (Å²) in [6.45, 7) is 0.576. The zero-order valence-electron chi connectivity index (χ0n) is 16.3. The van der Waals surface area contributed by atoms with Gasteiger partial charge in [0.05, 0.1) is 10.6 Å². The van der Waals surface area contributed by atoms with Crippen LogP contribution in [0.1, 0.15) is 32.1 Å². The van der Waals surface area contributed by atoms with Crippen molar-refractivity contribution in [2.24, 2.45) is 5.92 Å². The molecule has 0 aliphatic heterocycles. The van der Waals surface area contributed by atoms with Gasteiger partial charge in [-0.1, -0.05) is 31.4 Å². The van der Waals surface area contributed by atoms with Crippen molar-refractivity contribution in [3.05, 3.63) is 40.4 Å². The summed E-state index contributed by atoms with van der Waals surface area (Å²) in [4.78, 5) is 14.8. The normalized spacial score (nSPS) is 15.2. The van der Waals surface area contributed by atoms with E-state index in [0.29, 0.717) is 11.8 Å². The number of rotatable bonds is 9. The molecule has 0 bridgehead atoms. The first kappa shape index (κ1) is 21.1. The highest BCUT2D eigenvalue weighted by Gasteiger charge is 2.19. The number of sulfone groups is 1. The molecule has 0 spiro atoms. The molecule has 29 heavy (non-hydrogen) atoms. The summed E-state index contributed by atoms with van der Waals surface area (Å²) >= 11 is 0. The van der Waals surface area contributed by atoms with Crippen molar-refractivity contribution < 1.29 is 23.1 Å². The van der Waals surface area contributed by atoms with Gasteiger partial charge in [0.25, 0.3) is 5.09 Å². The molecule has 9 nitrogen and oxygen atoms in total. The number of hydrogen-bond donors (Lipinski definition) is 0. The Morgan fingerprint density at radius 1 is 1.17 bits per heavy atom. The highest BCUT2D eigenvalue weighted by molar-refractivity contribution is 7.90. The Kier molecular flexibility index (Phi) is 6.73. The molecule has 10 heteroatoms. The van der Waals surface area contributed by atoms with Crippen LogP contribution in [0, 0.1) is 16.0 Å². The number of nitrogens with zero attached hydrogens (tertiary/aromatic N) is 3. The maximum Gasteiger partial charge on any atom is 0.294 e. The largest absolute Gasteiger partial charge is 0.475 e. The maximum atomic E-state index is 11.7. The second-order valence-electron chi connectivity index (χ2n) is 7.26. The topological polar surface area (TPSA) is 114 Å². The fourth-order valence-electron chi connectivity index (χ4n) is 3.58. The van der Waals surface area contributed by atoms with E-state index in [1.54, 1.807) is 30.3 Å². The fraction of sp³-hybridized carbons (Fsp3) is 0.526. The lowest BCUT2D eigenvalue weighted by Crippen LogP contribution is -2.16. The predicted molar refractivity (Wildman–Crippen MR) is 106 cm³/mol. The number of aromatic nitrogens is 2. The Balaban J connectivity index is 1.81. The molecule has 0 saturated heterocycles. The fourth-order valence-corrected chi connectivity index (χ4v) is 4.21. The van der Waals surface area contributed by atoms with Crippen LogP contribution in [-0.2, 0) is 21.2 Å². The Bertz CT molecular complexity index is 933. The van der Waals surface area contributed by atoms with Crippen LogP contribution in [0.2, 0.25) is 0 Å². The molecule has 0 atom stereocenters. The van der Waals surface area contributed by atoms with Crippen LogP contribution < -0.4 is 4.74 Å². The minimum absolute atomic E-state index is 0.00782. The summed E-state index contributed by atoms with van der Waals surface area (Å²) in [6, 6.07) is 8.43. The summed E-state index contributed by atoms with van der Waals surface area (Å²) in [7, 11) is -3.27. The Hall–Kier alpha value is -2.62. The lowest BCUT2D eigenvalue weighted by molar-refractivity contribution is -0.757. The second kappa shape index (κ2) is 9.25. The van der Waals surface area contributed by atoms with Gasteiger partial charge in [-0.2, -0.15) is 0 Å². The van der Waals surface area contributed by atoms with Gasteiger partial charge in [-0.3, -0.25) is 4.68 Å². The smallest absolute Gasteiger partial charge is 0.294 e. The van der Waals surface area contributed by atoms with E-state index in [1.807, 2.05) is 4.68 Å². The molecule has 1 fully saturated rings. The first-order valence-electron chi connectivity index (χ1n) is 9.61. The Labute approximate surface area is 169 Å². The lowest BCUT2D eigenvalue weighted by Gasteiger charge is -2.22. The summed E-state index contributed by atoms with van der Waals surface area (Å²) in [5, 5.41) is 13.9. The van der Waals surface area contributed by atoms with Crippen LogP contribution in [0.25, 0.3) is 11.3 Å². The van der Waals surface area contributed by atoms with E-state index in [0.717, 1.165) is 30.6 Å². The van der Waals surface area contributed by atoms with Crippen LogP contribution in [0.4, 0.5) is 0 Å². The van der Waals surface area contributed by atoms with Crippen LogP contribution in [0.15, 0.2) is 35.2 Å². The second-order valence-corrected chi connectivity index (χ2v) is 9.27. The van der Waals surface area contributed by atoms with E-state index < -0.39 is 14.9 Å². The molecule has 158 valence electrons. The number of hydrogen-bond acceptors (Lipinski definition) is 7. The number of benzene rings is 1. The van der Waals surface area contributed by atoms with Gasteiger partial charge in [0.15, 0.2) is 9.84 Å². The van der Waals surface area contributed by atoms with Crippen LogP contribution in [0.3, 0.4) is 0 Å². The van der Waals surface area contributed by atoms with E-state index in [9.17, 15) is 18.5 Å². The minimum atomic E-state index is -3.27. The summed E-state index contributed by atoms with van der Waals surface area (Å²) in [6.07, 6.45) is 7.17. The Morgan fingerprint density at radius 3 is 2.48 bits per heavy atom. The quantitative estimate of drug-likeness (QED) is 0.346. The van der Waals surface area contributed by atoms with E-state index in [1.165, 1.54) is 25.5 Å². The van der Waals surface area contributed by atoms with Crippen molar-refractivity contribution in [1.29, 1.82) is 0 Å². The molecule has 0 radical (unpaired) electrons. The van der Waals surface area contributed by atoms with E-state index >= 15 is 0 Å². The molecule has 2 aromatic rings. The zero-order chi connectivity index (χ0) is 20.9. The molecular formula is C19H25N3O6S. The highest BCUT2D eigenvalue weighted by Crippen LogP contribution is 2.30. The molecule has 1 saturated carbocycles. The van der Waals surface area contributed by atoms with E-state index in [-0.39, 0.29) is 18.1 Å². The first-order valence-corrected chi connectivity index (χ1v) is 11.5. The molecule has 1 aliphatic rings. The molecule has 0 amide bonds. The number of ether oxygens (including phenoxy) is 1. The van der Waals surface area contributed by atoms with Crippen molar-refractivity contribution in [3.63, 3.8) is 0 Å². The Morgan fingerprint density at radius 2 is 1.86 bits per heavy atom. The SMILES string of the molecule is CS(=O)(=O)c1ccc(-c2cc(OCCO[N+](=O)[O-])nn2CC2CCCCC2)cc1. The van der Waals surface area contributed by atoms with Crippen LogP contribution in [0.5, 0.6) is 5.88 Å². The van der Waals surface area contributed by atoms with Crippen molar-refractivity contribution in [2.45, 2.75) is 43.5 Å². The van der Waals surface area contributed by atoms with Crippen molar-refractivity contribution >= 4 is 9.84 Å². The average molecular weight is 423 g/mol. The molecule has 1 aromatic carbocycles. The minimum Gasteiger partial charge on any atom is -0.475 e. The van der Waals surface area contributed by atoms with Crippen LogP contribution >= 0.6 is 0 Å². The average Bonchev–Trinajstić information content (AvgIpc) is 3.08. The summed E-state index contributed by atoms with van der Waals surface area (Å²) in [5.41, 5.74) is 1.65. The van der Waals surface area contributed by atoms with E-state index in [4.69, 9.17) is 4.74 Å². The van der Waals surface area contributed by atoms with Gasteiger partial charge < -0.3 is 9.57 Å². The predicted octanol–water partition coefficient (Wildman–Crippen LogP) is 3.12. The zero-order valence-corrected chi connectivity index (χ0v) is 17.1. The third-order valence-electron chi connectivity index (χ3n) is 5.02. The maximum absolute atomic E-state index is 11.7. The van der Waals surface area contributed by atoms with Gasteiger partial charge in [0, 0.05) is 24.4 Å². The van der Waals surface area contributed by atoms with Crippen molar-refractivity contribution in [2.75, 3.05) is 19.5 Å². The molecule has 1 heterocycles. The molecule has 1 aromatic heterocycles. The molecule has 1 aliphatic carbocycles. The summed E-state index contributed by atoms with van der Waals surface area (Å²) in [5.74, 6) is 0.887. The van der Waals surface area contributed by atoms with Gasteiger partial charge in [0.2, 0.25) is 5.88 Å². The monoisotopic (exact) mass is 423 g/mol. The standard InChI is InChI=1S/C19H25N3O6S/c1-29(25,26)17-9-7-16(8-10-17)18-13-19(27-11-12-28-22(23)24)20-21(18)14-15-5-3-2-4-6-15/h7-10,13,15H,2-6,11-12,14H2,1H3. The highest BCUT2D eigenvalue weighted by atomic mass is 32.2. The first-order chi connectivity index (χ1) is 13.8. The van der Waals surface area contributed by atoms with Gasteiger partial charge >= 0.3 is 0 Å². The van der Waals surface area contributed by atoms with Crippen molar-refractivity contribution in [1.82, 2.24) is 9.78 Å². The molecule has 0 N–H and O–H groups in total. The van der Waals surface area contributed by atoms with Gasteiger partial charge in [-0.05, 0) is 30.9 Å².